The van der Waals surface area contributed by atoms with Crippen LogP contribution < -0.4 is 10.3 Å². The number of aromatic nitrogens is 3. The fourth-order valence-electron chi connectivity index (χ4n) is 2.87. The number of amides is 1. The van der Waals surface area contributed by atoms with E-state index < -0.39 is 6.09 Å². The summed E-state index contributed by atoms with van der Waals surface area (Å²) < 4.78 is 6.46. The Kier molecular flexibility index (Phi) is 6.52. The minimum atomic E-state index is -1.09. The molecule has 0 unspecified atom stereocenters. The van der Waals surface area contributed by atoms with Crippen LogP contribution >= 0.6 is 0 Å². The monoisotopic (exact) mass is 405 g/mol. The van der Waals surface area contributed by atoms with Crippen LogP contribution in [0.5, 0.6) is 0 Å². The first kappa shape index (κ1) is 20.7. The maximum absolute atomic E-state index is 12.3. The number of carbonyl (C=O) groups is 1. The van der Waals surface area contributed by atoms with Gasteiger partial charge < -0.3 is 9.84 Å². The van der Waals surface area contributed by atoms with Crippen molar-refractivity contribution >= 4 is 11.8 Å². The van der Waals surface area contributed by atoms with Gasteiger partial charge in [-0.15, -0.1) is 0 Å². The minimum absolute atomic E-state index is 0.188. The van der Waals surface area contributed by atoms with Gasteiger partial charge in [-0.2, -0.15) is 10.4 Å². The smallest absolute Gasteiger partial charge is 0.411 e. The highest BCUT2D eigenvalue weighted by atomic mass is 16.5. The van der Waals surface area contributed by atoms with E-state index in [1.54, 1.807) is 36.5 Å². The molecular formula is C21H19N5O4. The van der Waals surface area contributed by atoms with Crippen LogP contribution in [0.3, 0.4) is 0 Å². The fraction of sp³-hybridized carbons (Fsp3) is 0.190. The SMILES string of the molecule is COCCN(C(=O)O)c1cccc(Cc2nn(-c3cncc(C#N)c3)ccc2=O)c1. The van der Waals surface area contributed by atoms with Crippen molar-refractivity contribution in [1.29, 1.82) is 5.26 Å². The van der Waals surface area contributed by atoms with Gasteiger partial charge in [0.25, 0.3) is 0 Å². The van der Waals surface area contributed by atoms with E-state index in [0.717, 1.165) is 5.56 Å². The normalized spacial score (nSPS) is 10.4. The zero-order chi connectivity index (χ0) is 21.5. The molecule has 1 amide bonds. The average Bonchev–Trinajstić information content (AvgIpc) is 2.75. The van der Waals surface area contributed by atoms with Crippen LogP contribution in [0.4, 0.5) is 10.5 Å². The molecule has 30 heavy (non-hydrogen) atoms. The summed E-state index contributed by atoms with van der Waals surface area (Å²) in [7, 11) is 1.50. The third kappa shape index (κ3) is 4.87. The first-order valence-corrected chi connectivity index (χ1v) is 9.04. The minimum Gasteiger partial charge on any atom is -0.465 e. The van der Waals surface area contributed by atoms with E-state index in [1.165, 1.54) is 35.2 Å². The maximum Gasteiger partial charge on any atom is 0.411 e. The molecule has 0 saturated heterocycles. The molecular weight excluding hydrogens is 386 g/mol. The number of benzene rings is 1. The number of anilines is 1. The van der Waals surface area contributed by atoms with Crippen LogP contribution in [0.15, 0.2) is 59.8 Å². The number of hydrogen-bond acceptors (Lipinski definition) is 6. The summed E-state index contributed by atoms with van der Waals surface area (Å²) in [4.78, 5) is 29.1. The zero-order valence-electron chi connectivity index (χ0n) is 16.2. The molecule has 2 heterocycles. The van der Waals surface area contributed by atoms with E-state index in [-0.39, 0.29) is 30.7 Å². The van der Waals surface area contributed by atoms with Crippen molar-refractivity contribution in [2.24, 2.45) is 0 Å². The number of nitriles is 1. The third-order valence-corrected chi connectivity index (χ3v) is 4.34. The highest BCUT2D eigenvalue weighted by molar-refractivity contribution is 5.86. The Bertz CT molecular complexity index is 1150. The number of nitrogens with zero attached hydrogens (tertiary/aromatic N) is 5. The summed E-state index contributed by atoms with van der Waals surface area (Å²) in [5.74, 6) is 0. The Hall–Kier alpha value is -4.03. The lowest BCUT2D eigenvalue weighted by Crippen LogP contribution is -2.32. The van der Waals surface area contributed by atoms with Gasteiger partial charge in [0.1, 0.15) is 11.8 Å². The molecule has 0 fully saturated rings. The van der Waals surface area contributed by atoms with Gasteiger partial charge in [0.2, 0.25) is 5.43 Å². The van der Waals surface area contributed by atoms with Crippen molar-refractivity contribution in [3.8, 4) is 11.8 Å². The van der Waals surface area contributed by atoms with Crippen LogP contribution in [0.1, 0.15) is 16.8 Å². The van der Waals surface area contributed by atoms with Crippen LogP contribution in [-0.2, 0) is 11.2 Å². The lowest BCUT2D eigenvalue weighted by Gasteiger charge is -2.19. The molecule has 3 rings (SSSR count). The predicted molar refractivity (Wildman–Crippen MR) is 109 cm³/mol. The van der Waals surface area contributed by atoms with Crippen LogP contribution in [0.2, 0.25) is 0 Å². The first-order chi connectivity index (χ1) is 14.5. The molecule has 0 atom stereocenters. The van der Waals surface area contributed by atoms with Crippen molar-refractivity contribution < 1.29 is 14.6 Å². The second-order valence-electron chi connectivity index (χ2n) is 6.39. The molecule has 0 radical (unpaired) electrons. The van der Waals surface area contributed by atoms with E-state index >= 15 is 0 Å². The quantitative estimate of drug-likeness (QED) is 0.639. The molecule has 0 bridgehead atoms. The van der Waals surface area contributed by atoms with Gasteiger partial charge in [-0.05, 0) is 23.8 Å². The van der Waals surface area contributed by atoms with Gasteiger partial charge in [-0.3, -0.25) is 14.7 Å². The summed E-state index contributed by atoms with van der Waals surface area (Å²) >= 11 is 0. The Labute approximate surface area is 172 Å². The van der Waals surface area contributed by atoms with Gasteiger partial charge in [0.15, 0.2) is 0 Å². The molecule has 1 aromatic carbocycles. The molecule has 0 saturated carbocycles. The standard InChI is InChI=1S/C21H19N5O4/c1-30-8-7-25(21(28)29)17-4-2-3-15(9-17)11-19-20(27)5-6-26(24-19)18-10-16(12-22)13-23-14-18/h2-6,9-10,13-14H,7-8,11H2,1H3,(H,28,29). The maximum atomic E-state index is 12.3. The van der Waals surface area contributed by atoms with Crippen molar-refractivity contribution in [3.63, 3.8) is 0 Å². The summed E-state index contributed by atoms with van der Waals surface area (Å²) in [5.41, 5.74) is 2.21. The molecule has 9 heteroatoms. The van der Waals surface area contributed by atoms with Crippen molar-refractivity contribution in [2.75, 3.05) is 25.2 Å². The topological polar surface area (TPSA) is 121 Å². The van der Waals surface area contributed by atoms with E-state index in [4.69, 9.17) is 10.00 Å². The molecule has 1 N–H and O–H groups in total. The molecule has 152 valence electrons. The highest BCUT2D eigenvalue weighted by Crippen LogP contribution is 2.18. The molecule has 0 aliphatic heterocycles. The van der Waals surface area contributed by atoms with Gasteiger partial charge in [0.05, 0.1) is 30.6 Å². The largest absolute Gasteiger partial charge is 0.465 e. The Morgan fingerprint density at radius 3 is 2.87 bits per heavy atom. The van der Waals surface area contributed by atoms with Crippen molar-refractivity contribution in [3.05, 3.63) is 82.0 Å². The van der Waals surface area contributed by atoms with E-state index in [2.05, 4.69) is 10.1 Å². The summed E-state index contributed by atoms with van der Waals surface area (Å²) in [5, 5.41) is 22.9. The van der Waals surface area contributed by atoms with Crippen LogP contribution in [-0.4, -0.2) is 46.2 Å². The number of ether oxygens (including phenoxy) is 1. The van der Waals surface area contributed by atoms with E-state index in [1.807, 2.05) is 6.07 Å². The van der Waals surface area contributed by atoms with Gasteiger partial charge in [-0.1, -0.05) is 12.1 Å². The Morgan fingerprint density at radius 1 is 1.30 bits per heavy atom. The number of rotatable bonds is 7. The summed E-state index contributed by atoms with van der Waals surface area (Å²) in [6.07, 6.45) is 3.63. The van der Waals surface area contributed by atoms with Crippen molar-refractivity contribution in [2.45, 2.75) is 6.42 Å². The van der Waals surface area contributed by atoms with E-state index in [9.17, 15) is 14.7 Å². The van der Waals surface area contributed by atoms with Gasteiger partial charge >= 0.3 is 6.09 Å². The highest BCUT2D eigenvalue weighted by Gasteiger charge is 2.15. The molecule has 9 nitrogen and oxygen atoms in total. The number of pyridine rings is 1. The molecule has 0 aliphatic carbocycles. The average molecular weight is 405 g/mol. The summed E-state index contributed by atoms with van der Waals surface area (Å²) in [6, 6.07) is 12.0. The lowest BCUT2D eigenvalue weighted by atomic mass is 10.1. The first-order valence-electron chi connectivity index (χ1n) is 9.04. The molecule has 3 aromatic rings. The second-order valence-corrected chi connectivity index (χ2v) is 6.39. The second kappa shape index (κ2) is 9.45. The third-order valence-electron chi connectivity index (χ3n) is 4.34. The number of hydrogen-bond donors (Lipinski definition) is 1. The Balaban J connectivity index is 1.90. The van der Waals surface area contributed by atoms with Crippen LogP contribution in [0.25, 0.3) is 5.69 Å². The Morgan fingerprint density at radius 2 is 2.13 bits per heavy atom. The fourth-order valence-corrected chi connectivity index (χ4v) is 2.87. The lowest BCUT2D eigenvalue weighted by molar-refractivity contribution is 0.186. The molecule has 0 spiro atoms. The summed E-state index contributed by atoms with van der Waals surface area (Å²) in [6.45, 7) is 0.450. The number of carboxylic acid groups (broad SMARTS) is 1. The van der Waals surface area contributed by atoms with Gasteiger partial charge in [-0.25, -0.2) is 9.48 Å². The van der Waals surface area contributed by atoms with Crippen LogP contribution in [0, 0.1) is 11.3 Å². The van der Waals surface area contributed by atoms with Gasteiger partial charge in [0, 0.05) is 37.7 Å². The number of methoxy groups -OCH3 is 1. The zero-order valence-corrected chi connectivity index (χ0v) is 16.2. The van der Waals surface area contributed by atoms with E-state index in [0.29, 0.717) is 16.9 Å². The molecule has 2 aromatic heterocycles. The molecule has 0 aliphatic rings. The predicted octanol–water partition coefficient (Wildman–Crippen LogP) is 2.22. The van der Waals surface area contributed by atoms with Crippen molar-refractivity contribution in [1.82, 2.24) is 14.8 Å².